The second-order valence-corrected chi connectivity index (χ2v) is 3.04. The topological polar surface area (TPSA) is 12.9 Å². The highest BCUT2D eigenvalue weighted by Crippen LogP contribution is 2.06. The Morgan fingerprint density at radius 3 is 2.75 bits per heavy atom. The zero-order valence-electron chi connectivity index (χ0n) is 4.00. The van der Waals surface area contributed by atoms with E-state index in [1.165, 1.54) is 3.57 Å². The zero-order chi connectivity index (χ0) is 5.98. The summed E-state index contributed by atoms with van der Waals surface area (Å²) in [7, 11) is 0. The van der Waals surface area contributed by atoms with Crippen LogP contribution < -0.4 is 0 Å². The van der Waals surface area contributed by atoms with E-state index in [1.807, 2.05) is 12.1 Å². The van der Waals surface area contributed by atoms with E-state index in [-0.39, 0.29) is 0 Å². The van der Waals surface area contributed by atoms with Gasteiger partial charge in [0.1, 0.15) is 0 Å². The molecule has 1 nitrogen and oxygen atoms in total. The van der Waals surface area contributed by atoms with Crippen molar-refractivity contribution in [2.24, 2.45) is 0 Å². The van der Waals surface area contributed by atoms with Gasteiger partial charge < -0.3 is 0 Å². The Kier molecular flexibility index (Phi) is 2.13. The van der Waals surface area contributed by atoms with Crippen molar-refractivity contribution in [3.05, 3.63) is 21.9 Å². The van der Waals surface area contributed by atoms with Crippen molar-refractivity contribution in [1.29, 1.82) is 0 Å². The van der Waals surface area contributed by atoms with Gasteiger partial charge in [-0.15, -0.1) is 12.6 Å². The summed E-state index contributed by atoms with van der Waals surface area (Å²) in [6, 6.07) is 3.84. The van der Waals surface area contributed by atoms with Gasteiger partial charge in [-0.1, -0.05) is 0 Å². The second kappa shape index (κ2) is 2.68. The third kappa shape index (κ3) is 1.63. The molecule has 0 fully saturated rings. The van der Waals surface area contributed by atoms with Gasteiger partial charge in [0.15, 0.2) is 0 Å². The Morgan fingerprint density at radius 2 is 2.38 bits per heavy atom. The highest BCUT2D eigenvalue weighted by atomic mass is 127. The van der Waals surface area contributed by atoms with Crippen molar-refractivity contribution in [3.63, 3.8) is 0 Å². The summed E-state index contributed by atoms with van der Waals surface area (Å²) in [6.45, 7) is 0. The maximum Gasteiger partial charge on any atom is 0.0939 e. The van der Waals surface area contributed by atoms with Crippen LogP contribution in [0, 0.1) is 3.57 Å². The molecule has 0 bridgehead atoms. The molecule has 8 heavy (non-hydrogen) atoms. The average molecular weight is 237 g/mol. The number of rotatable bonds is 0. The van der Waals surface area contributed by atoms with Crippen LogP contribution in [0.15, 0.2) is 23.4 Å². The monoisotopic (exact) mass is 237 g/mol. The quantitative estimate of drug-likeness (QED) is 0.537. The number of halogens is 1. The summed E-state index contributed by atoms with van der Waals surface area (Å²) in [5, 5.41) is 0.775. The first kappa shape index (κ1) is 6.35. The zero-order valence-corrected chi connectivity index (χ0v) is 7.06. The molecule has 0 N–H and O–H groups in total. The number of nitrogens with zero attached hydrogens (tertiary/aromatic N) is 1. The third-order valence-electron chi connectivity index (χ3n) is 0.708. The smallest absolute Gasteiger partial charge is 0.0939 e. The molecule has 0 saturated carbocycles. The van der Waals surface area contributed by atoms with Crippen molar-refractivity contribution in [3.8, 4) is 0 Å². The van der Waals surface area contributed by atoms with Crippen molar-refractivity contribution in [1.82, 2.24) is 4.98 Å². The van der Waals surface area contributed by atoms with Crippen LogP contribution in [0.5, 0.6) is 0 Å². The molecule has 0 aliphatic carbocycles. The Hall–Kier alpha value is 0.230. The van der Waals surface area contributed by atoms with Crippen molar-refractivity contribution in [2.45, 2.75) is 5.03 Å². The van der Waals surface area contributed by atoms with Crippen LogP contribution in [0.3, 0.4) is 0 Å². The minimum Gasteiger partial charge on any atom is -0.250 e. The van der Waals surface area contributed by atoms with Gasteiger partial charge in [0.25, 0.3) is 0 Å². The maximum atomic E-state index is 4.04. The summed E-state index contributed by atoms with van der Waals surface area (Å²) in [6.07, 6.45) is 1.74. The van der Waals surface area contributed by atoms with Crippen molar-refractivity contribution >= 4 is 35.2 Å². The van der Waals surface area contributed by atoms with E-state index in [2.05, 4.69) is 40.2 Å². The van der Waals surface area contributed by atoms with Gasteiger partial charge in [-0.05, 0) is 34.7 Å². The summed E-state index contributed by atoms with van der Waals surface area (Å²) in [5.41, 5.74) is 0. The standard InChI is InChI=1S/C5H4INS/c6-4-1-2-7-5(8)3-4/h1-3H,(H,7,8). The van der Waals surface area contributed by atoms with Crippen LogP contribution in [0.1, 0.15) is 0 Å². The molecule has 0 aliphatic rings. The Balaban J connectivity index is 3.08. The molecule has 42 valence electrons. The van der Waals surface area contributed by atoms with E-state index in [4.69, 9.17) is 0 Å². The lowest BCUT2D eigenvalue weighted by Gasteiger charge is -1.87. The minimum atomic E-state index is 0.775. The summed E-state index contributed by atoms with van der Waals surface area (Å²) in [4.78, 5) is 3.90. The fourth-order valence-electron chi connectivity index (χ4n) is 0.394. The first-order valence-corrected chi connectivity index (χ1v) is 3.62. The van der Waals surface area contributed by atoms with Crippen molar-refractivity contribution < 1.29 is 0 Å². The first-order chi connectivity index (χ1) is 3.79. The summed E-state index contributed by atoms with van der Waals surface area (Å²) >= 11 is 6.25. The van der Waals surface area contributed by atoms with E-state index in [9.17, 15) is 0 Å². The average Bonchev–Trinajstić information content (AvgIpc) is 1.64. The van der Waals surface area contributed by atoms with Gasteiger partial charge >= 0.3 is 0 Å². The van der Waals surface area contributed by atoms with Crippen LogP contribution in [0.4, 0.5) is 0 Å². The van der Waals surface area contributed by atoms with E-state index in [0.717, 1.165) is 5.03 Å². The number of pyridine rings is 1. The second-order valence-electron chi connectivity index (χ2n) is 1.33. The van der Waals surface area contributed by atoms with Crippen LogP contribution in [0.2, 0.25) is 0 Å². The normalized spacial score (nSPS) is 9.25. The molecule has 3 heteroatoms. The number of thiol groups is 1. The molecule has 0 radical (unpaired) electrons. The number of hydrogen-bond donors (Lipinski definition) is 1. The van der Waals surface area contributed by atoms with Crippen LogP contribution >= 0.6 is 35.2 Å². The van der Waals surface area contributed by atoms with Gasteiger partial charge in [-0.2, -0.15) is 0 Å². The highest BCUT2D eigenvalue weighted by molar-refractivity contribution is 14.1. The molecule has 1 aromatic heterocycles. The van der Waals surface area contributed by atoms with E-state index < -0.39 is 0 Å². The predicted octanol–water partition coefficient (Wildman–Crippen LogP) is 1.97. The summed E-state index contributed by atoms with van der Waals surface area (Å²) < 4.78 is 1.17. The molecule has 1 heterocycles. The van der Waals surface area contributed by atoms with Crippen molar-refractivity contribution in [2.75, 3.05) is 0 Å². The Bertz CT molecular complexity index is 172. The van der Waals surface area contributed by atoms with Crippen LogP contribution in [-0.2, 0) is 0 Å². The highest BCUT2D eigenvalue weighted by Gasteiger charge is 1.84. The molecular weight excluding hydrogens is 233 g/mol. The third-order valence-corrected chi connectivity index (χ3v) is 1.62. The molecule has 1 aromatic rings. The number of aromatic nitrogens is 1. The van der Waals surface area contributed by atoms with E-state index in [1.54, 1.807) is 6.20 Å². The van der Waals surface area contributed by atoms with E-state index >= 15 is 0 Å². The SMILES string of the molecule is Sc1cc(I)ccn1. The first-order valence-electron chi connectivity index (χ1n) is 2.09. The molecule has 0 aliphatic heterocycles. The van der Waals surface area contributed by atoms with Gasteiger partial charge in [-0.3, -0.25) is 4.98 Å². The Morgan fingerprint density at radius 1 is 1.62 bits per heavy atom. The lowest BCUT2D eigenvalue weighted by atomic mass is 10.5. The molecule has 0 spiro atoms. The minimum absolute atomic E-state index is 0.775. The van der Waals surface area contributed by atoms with Gasteiger partial charge in [0.2, 0.25) is 0 Å². The molecule has 1 rings (SSSR count). The van der Waals surface area contributed by atoms with E-state index in [0.29, 0.717) is 0 Å². The molecular formula is C5H4INS. The molecule has 0 atom stereocenters. The Labute approximate surface area is 67.1 Å². The predicted molar refractivity (Wildman–Crippen MR) is 44.2 cm³/mol. The molecule has 0 amide bonds. The molecule has 0 unspecified atom stereocenters. The fraction of sp³-hybridized carbons (Fsp3) is 0. The van der Waals surface area contributed by atoms with Gasteiger partial charge in [-0.25, -0.2) is 0 Å². The lowest BCUT2D eigenvalue weighted by molar-refractivity contribution is 1.13. The van der Waals surface area contributed by atoms with Crippen LogP contribution in [0.25, 0.3) is 0 Å². The summed E-state index contributed by atoms with van der Waals surface area (Å²) in [5.74, 6) is 0. The maximum absolute atomic E-state index is 4.04. The number of hydrogen-bond acceptors (Lipinski definition) is 2. The fourth-order valence-corrected chi connectivity index (χ4v) is 1.30. The largest absolute Gasteiger partial charge is 0.250 e. The molecule has 0 saturated heterocycles. The van der Waals surface area contributed by atoms with Crippen LogP contribution in [-0.4, -0.2) is 4.98 Å². The lowest BCUT2D eigenvalue weighted by Crippen LogP contribution is -1.74. The van der Waals surface area contributed by atoms with Gasteiger partial charge in [0.05, 0.1) is 5.03 Å². The van der Waals surface area contributed by atoms with Gasteiger partial charge in [0, 0.05) is 9.77 Å². The molecule has 0 aromatic carbocycles.